The predicted octanol–water partition coefficient (Wildman–Crippen LogP) is 5.33. The van der Waals surface area contributed by atoms with Crippen LogP contribution in [0.2, 0.25) is 19.6 Å². The molecule has 1 spiro atoms. The molecule has 5 nitrogen and oxygen atoms in total. The largest absolute Gasteiger partial charge is 0.466 e. The average molecular weight is 439 g/mol. The highest BCUT2D eigenvalue weighted by Gasteiger charge is 2.70. The van der Waals surface area contributed by atoms with E-state index < -0.39 is 8.32 Å². The lowest BCUT2D eigenvalue weighted by atomic mass is 9.44. The molecule has 3 rings (SSSR count). The molecule has 3 fully saturated rings. The van der Waals surface area contributed by atoms with E-state index in [0.29, 0.717) is 18.9 Å². The maximum atomic E-state index is 12.7. The molecule has 0 heterocycles. The van der Waals surface area contributed by atoms with Gasteiger partial charge in [-0.2, -0.15) is 0 Å². The third kappa shape index (κ3) is 4.23. The van der Waals surface area contributed by atoms with E-state index in [1.807, 2.05) is 6.92 Å². The van der Waals surface area contributed by atoms with Crippen molar-refractivity contribution in [2.75, 3.05) is 6.61 Å². The van der Waals surface area contributed by atoms with Crippen LogP contribution < -0.4 is 0 Å². The molecule has 30 heavy (non-hydrogen) atoms. The predicted molar refractivity (Wildman–Crippen MR) is 119 cm³/mol. The van der Waals surface area contributed by atoms with E-state index in [0.717, 1.165) is 32.1 Å². The van der Waals surface area contributed by atoms with E-state index in [1.165, 1.54) is 6.92 Å². The molecule has 0 aliphatic heterocycles. The van der Waals surface area contributed by atoms with Crippen molar-refractivity contribution in [1.82, 2.24) is 0 Å². The van der Waals surface area contributed by atoms with Gasteiger partial charge in [0.2, 0.25) is 0 Å². The second kappa shape index (κ2) is 7.91. The summed E-state index contributed by atoms with van der Waals surface area (Å²) in [5.74, 6) is 0.378. The zero-order chi connectivity index (χ0) is 22.5. The van der Waals surface area contributed by atoms with Crippen LogP contribution in [-0.4, -0.2) is 39.1 Å². The highest BCUT2D eigenvalue weighted by atomic mass is 28.4. The minimum Gasteiger partial charge on any atom is -0.466 e. The van der Waals surface area contributed by atoms with Crippen molar-refractivity contribution in [3.8, 4) is 0 Å². The number of ether oxygens (including phenoxy) is 2. The molecule has 0 aromatic carbocycles. The Kier molecular flexibility index (Phi) is 6.27. The summed E-state index contributed by atoms with van der Waals surface area (Å²) in [5, 5.41) is 0. The van der Waals surface area contributed by atoms with Crippen molar-refractivity contribution in [2.24, 2.45) is 28.1 Å². The van der Waals surface area contributed by atoms with Crippen LogP contribution in [0.3, 0.4) is 0 Å². The lowest BCUT2D eigenvalue weighted by Crippen LogP contribution is -2.58. The lowest BCUT2D eigenvalue weighted by molar-refractivity contribution is -0.189. The molecule has 0 saturated heterocycles. The second-order valence-electron chi connectivity index (χ2n) is 11.8. The van der Waals surface area contributed by atoms with Gasteiger partial charge in [-0.25, -0.2) is 0 Å². The molecule has 6 atom stereocenters. The number of hydrogen-bond donors (Lipinski definition) is 0. The van der Waals surface area contributed by atoms with E-state index in [2.05, 4.69) is 40.4 Å². The highest BCUT2D eigenvalue weighted by Crippen LogP contribution is 2.73. The zero-order valence-corrected chi connectivity index (χ0v) is 21.3. The van der Waals surface area contributed by atoms with E-state index in [4.69, 9.17) is 13.9 Å². The van der Waals surface area contributed by atoms with Gasteiger partial charge >= 0.3 is 11.9 Å². The average Bonchev–Trinajstić information content (AvgIpc) is 3.24. The Morgan fingerprint density at radius 3 is 2.27 bits per heavy atom. The summed E-state index contributed by atoms with van der Waals surface area (Å²) in [6.45, 7) is 17.5. The van der Waals surface area contributed by atoms with Gasteiger partial charge in [-0.3, -0.25) is 9.59 Å². The molecule has 1 unspecified atom stereocenters. The summed E-state index contributed by atoms with van der Waals surface area (Å²) in [4.78, 5) is 24.4. The smallest absolute Gasteiger partial charge is 0.306 e. The maximum absolute atomic E-state index is 12.7. The summed E-state index contributed by atoms with van der Waals surface area (Å²) in [6.07, 6.45) is 5.78. The maximum Gasteiger partial charge on any atom is 0.306 e. The summed E-state index contributed by atoms with van der Waals surface area (Å²) < 4.78 is 17.8. The first-order valence-electron chi connectivity index (χ1n) is 11.8. The van der Waals surface area contributed by atoms with Gasteiger partial charge in [0.1, 0.15) is 6.10 Å². The minimum atomic E-state index is -1.65. The Hall–Kier alpha value is -0.883. The van der Waals surface area contributed by atoms with Gasteiger partial charge in [0.15, 0.2) is 8.32 Å². The van der Waals surface area contributed by atoms with Crippen LogP contribution in [0.5, 0.6) is 0 Å². The molecular formula is C24H42O5Si. The van der Waals surface area contributed by atoms with Crippen molar-refractivity contribution in [2.45, 2.75) is 105 Å². The molecule has 0 amide bonds. The quantitative estimate of drug-likeness (QED) is 0.414. The van der Waals surface area contributed by atoms with E-state index in [9.17, 15) is 9.59 Å². The van der Waals surface area contributed by atoms with Crippen molar-refractivity contribution >= 4 is 20.3 Å². The van der Waals surface area contributed by atoms with Crippen molar-refractivity contribution in [3.63, 3.8) is 0 Å². The summed E-state index contributed by atoms with van der Waals surface area (Å²) in [7, 11) is -1.65. The van der Waals surface area contributed by atoms with Crippen LogP contribution in [0.4, 0.5) is 0 Å². The summed E-state index contributed by atoms with van der Waals surface area (Å²) in [6, 6.07) is 0. The molecule has 3 aliphatic rings. The van der Waals surface area contributed by atoms with Crippen molar-refractivity contribution in [3.05, 3.63) is 0 Å². The second-order valence-corrected chi connectivity index (χ2v) is 16.2. The Morgan fingerprint density at radius 2 is 1.70 bits per heavy atom. The molecule has 0 bridgehead atoms. The fourth-order valence-corrected chi connectivity index (χ4v) is 8.33. The van der Waals surface area contributed by atoms with Crippen LogP contribution in [0.1, 0.15) is 73.1 Å². The molecule has 0 radical (unpaired) electrons. The fraction of sp³-hybridized carbons (Fsp3) is 0.917. The molecule has 3 aliphatic carbocycles. The Morgan fingerprint density at radius 1 is 1.03 bits per heavy atom. The van der Waals surface area contributed by atoms with Crippen molar-refractivity contribution < 1.29 is 23.5 Å². The van der Waals surface area contributed by atoms with Crippen LogP contribution in [0.15, 0.2) is 0 Å². The number of hydrogen-bond acceptors (Lipinski definition) is 5. The van der Waals surface area contributed by atoms with Gasteiger partial charge < -0.3 is 13.9 Å². The fourth-order valence-electron chi connectivity index (χ4n) is 7.16. The molecule has 172 valence electrons. The topological polar surface area (TPSA) is 61.8 Å². The zero-order valence-electron chi connectivity index (χ0n) is 20.3. The van der Waals surface area contributed by atoms with Gasteiger partial charge in [-0.05, 0) is 75.9 Å². The van der Waals surface area contributed by atoms with E-state index in [-0.39, 0.29) is 46.3 Å². The minimum absolute atomic E-state index is 0.0166. The number of carbonyl (C=O) groups is 2. The highest BCUT2D eigenvalue weighted by molar-refractivity contribution is 6.69. The van der Waals surface area contributed by atoms with Crippen LogP contribution in [0.25, 0.3) is 0 Å². The third-order valence-electron chi connectivity index (χ3n) is 8.38. The SMILES string of the molecule is CCOC(=O)C[C@@H]1[C@@]2(CC[C@H]3C(C)(C)[C@@H](OC(C)=O)CC[C@]13C)CC2O[Si](C)(C)C. The summed E-state index contributed by atoms with van der Waals surface area (Å²) >= 11 is 0. The molecular weight excluding hydrogens is 396 g/mol. The Bertz CT molecular complexity index is 684. The Balaban J connectivity index is 1.92. The molecule has 0 aromatic rings. The molecule has 6 heteroatoms. The van der Waals surface area contributed by atoms with Crippen molar-refractivity contribution in [1.29, 1.82) is 0 Å². The number of carbonyl (C=O) groups excluding carboxylic acids is 2. The van der Waals surface area contributed by atoms with Gasteiger partial charge in [0, 0.05) is 24.2 Å². The summed E-state index contributed by atoms with van der Waals surface area (Å²) in [5.41, 5.74) is 0.00254. The van der Waals surface area contributed by atoms with E-state index >= 15 is 0 Å². The molecule has 3 saturated carbocycles. The first kappa shape index (κ1) is 23.8. The Labute approximate surface area is 183 Å². The van der Waals surface area contributed by atoms with Gasteiger partial charge in [-0.15, -0.1) is 0 Å². The number of esters is 2. The normalized spacial score (nSPS) is 39.9. The molecule has 0 aromatic heterocycles. The monoisotopic (exact) mass is 438 g/mol. The van der Waals surface area contributed by atoms with Crippen LogP contribution >= 0.6 is 0 Å². The first-order chi connectivity index (χ1) is 13.8. The van der Waals surface area contributed by atoms with Gasteiger partial charge in [-0.1, -0.05) is 20.8 Å². The van der Waals surface area contributed by atoms with Gasteiger partial charge in [0.25, 0.3) is 0 Å². The van der Waals surface area contributed by atoms with Crippen LogP contribution in [0, 0.1) is 28.1 Å². The van der Waals surface area contributed by atoms with E-state index in [1.54, 1.807) is 0 Å². The number of rotatable bonds is 6. The third-order valence-corrected chi connectivity index (χ3v) is 9.38. The standard InChI is InChI=1S/C24H42O5Si/c1-9-27-21(26)14-18-23(5)12-11-19(28-16(2)25)22(3,4)17(23)10-13-24(18)15-20(24)29-30(6,7)8/h17-20H,9-15H2,1-8H3/t17-,18-,19-,20?,23-,24+/m0/s1. The van der Waals surface area contributed by atoms with Crippen LogP contribution in [-0.2, 0) is 23.5 Å². The molecule has 0 N–H and O–H groups in total. The first-order valence-corrected chi connectivity index (χ1v) is 15.2. The number of fused-ring (bicyclic) bond motifs is 1. The van der Waals surface area contributed by atoms with Gasteiger partial charge in [0.05, 0.1) is 12.7 Å². The lowest BCUT2D eigenvalue weighted by Gasteiger charge is -2.61.